The van der Waals surface area contributed by atoms with Gasteiger partial charge < -0.3 is 14.6 Å². The van der Waals surface area contributed by atoms with Gasteiger partial charge in [0.05, 0.1) is 6.10 Å². The first-order valence-electron chi connectivity index (χ1n) is 7.06. The fourth-order valence-electron chi connectivity index (χ4n) is 2.58. The number of aliphatic hydroxyl groups excluding tert-OH is 1. The lowest BCUT2D eigenvalue weighted by atomic mass is 10.2. The molecule has 2 heterocycles. The van der Waals surface area contributed by atoms with Crippen molar-refractivity contribution in [1.82, 2.24) is 14.4 Å². The highest BCUT2D eigenvalue weighted by atomic mass is 79.9. The Bertz CT molecular complexity index is 465. The second-order valence-electron chi connectivity index (χ2n) is 5.27. The molecule has 5 nitrogen and oxygen atoms in total. The molecule has 6 heteroatoms. The van der Waals surface area contributed by atoms with Gasteiger partial charge in [-0.25, -0.2) is 0 Å². The van der Waals surface area contributed by atoms with E-state index in [9.17, 15) is 9.90 Å². The van der Waals surface area contributed by atoms with Crippen LogP contribution < -0.4 is 0 Å². The third-order valence-corrected chi connectivity index (χ3v) is 4.04. The van der Waals surface area contributed by atoms with Crippen LogP contribution in [-0.2, 0) is 6.54 Å². The Balaban J connectivity index is 1.98. The fourth-order valence-corrected chi connectivity index (χ4v) is 3.05. The van der Waals surface area contributed by atoms with Gasteiger partial charge in [-0.05, 0) is 35.8 Å². The van der Waals surface area contributed by atoms with Crippen molar-refractivity contribution < 1.29 is 9.90 Å². The predicted octanol–water partition coefficient (Wildman–Crippen LogP) is 1.41. The Morgan fingerprint density at radius 2 is 2.05 bits per heavy atom. The number of hydrogen-bond acceptors (Lipinski definition) is 3. The van der Waals surface area contributed by atoms with Crippen LogP contribution in [0.1, 0.15) is 24.3 Å². The molecule has 1 aliphatic rings. The first-order valence-corrected chi connectivity index (χ1v) is 7.86. The number of hydrogen-bond donors (Lipinski definition) is 1. The number of nitrogens with zero attached hydrogens (tertiary/aromatic N) is 3. The number of piperazine rings is 1. The summed E-state index contributed by atoms with van der Waals surface area (Å²) in [5, 5.41) is 9.40. The summed E-state index contributed by atoms with van der Waals surface area (Å²) in [7, 11) is 0. The van der Waals surface area contributed by atoms with Gasteiger partial charge in [-0.2, -0.15) is 0 Å². The Labute approximate surface area is 128 Å². The minimum absolute atomic E-state index is 0.0919. The highest BCUT2D eigenvalue weighted by molar-refractivity contribution is 9.10. The minimum atomic E-state index is -0.314. The van der Waals surface area contributed by atoms with E-state index in [4.69, 9.17) is 0 Å². The monoisotopic (exact) mass is 343 g/mol. The molecule has 1 aromatic heterocycles. The molecule has 0 aliphatic carbocycles. The zero-order valence-electron chi connectivity index (χ0n) is 12.0. The van der Waals surface area contributed by atoms with Crippen LogP contribution in [0, 0.1) is 0 Å². The number of β-amino-alcohol motifs (C(OH)–C–C–N with tert-alkyl or cyclic N) is 1. The maximum absolute atomic E-state index is 12.5. The topological polar surface area (TPSA) is 48.7 Å². The molecular formula is C14H22BrN3O2. The van der Waals surface area contributed by atoms with Crippen molar-refractivity contribution in [2.75, 3.05) is 32.7 Å². The third kappa shape index (κ3) is 3.62. The van der Waals surface area contributed by atoms with Gasteiger partial charge in [-0.3, -0.25) is 9.69 Å². The summed E-state index contributed by atoms with van der Waals surface area (Å²) < 4.78 is 2.91. The molecule has 1 saturated heterocycles. The highest BCUT2D eigenvalue weighted by Crippen LogP contribution is 2.17. The second kappa shape index (κ2) is 6.74. The van der Waals surface area contributed by atoms with Crippen LogP contribution in [-0.4, -0.2) is 64.2 Å². The SMILES string of the molecule is CCn1cc(Br)cc1C(=O)N1CCN(CC(C)O)CC1. The van der Waals surface area contributed by atoms with Gasteiger partial charge in [0.1, 0.15) is 5.69 Å². The summed E-state index contributed by atoms with van der Waals surface area (Å²) in [6.45, 7) is 8.38. The molecule has 1 unspecified atom stereocenters. The molecule has 0 bridgehead atoms. The van der Waals surface area contributed by atoms with Crippen LogP contribution in [0.25, 0.3) is 0 Å². The average molecular weight is 344 g/mol. The summed E-state index contributed by atoms with van der Waals surface area (Å²) >= 11 is 3.43. The molecule has 1 aromatic rings. The smallest absolute Gasteiger partial charge is 0.270 e. The third-order valence-electron chi connectivity index (χ3n) is 3.60. The van der Waals surface area contributed by atoms with Crippen LogP contribution >= 0.6 is 15.9 Å². The number of aromatic nitrogens is 1. The number of aryl methyl sites for hydroxylation is 1. The second-order valence-corrected chi connectivity index (χ2v) is 6.19. The molecular weight excluding hydrogens is 322 g/mol. The molecule has 20 heavy (non-hydrogen) atoms. The summed E-state index contributed by atoms with van der Waals surface area (Å²) in [6, 6.07) is 1.88. The van der Waals surface area contributed by atoms with Crippen molar-refractivity contribution in [3.8, 4) is 0 Å². The van der Waals surface area contributed by atoms with Crippen molar-refractivity contribution in [1.29, 1.82) is 0 Å². The van der Waals surface area contributed by atoms with Crippen molar-refractivity contribution >= 4 is 21.8 Å². The Hall–Kier alpha value is -0.850. The standard InChI is InChI=1S/C14H22BrN3O2/c1-3-17-10-12(15)8-13(17)14(20)18-6-4-16(5-7-18)9-11(2)19/h8,10-11,19H,3-7,9H2,1-2H3. The normalized spacial score (nSPS) is 18.3. The van der Waals surface area contributed by atoms with E-state index >= 15 is 0 Å². The molecule has 1 fully saturated rings. The molecule has 1 amide bonds. The summed E-state index contributed by atoms with van der Waals surface area (Å²) in [5.41, 5.74) is 0.739. The van der Waals surface area contributed by atoms with Crippen LogP contribution in [0.2, 0.25) is 0 Å². The van der Waals surface area contributed by atoms with Crippen LogP contribution in [0.3, 0.4) is 0 Å². The van der Waals surface area contributed by atoms with Gasteiger partial charge in [0.2, 0.25) is 0 Å². The fraction of sp³-hybridized carbons (Fsp3) is 0.643. The summed E-state index contributed by atoms with van der Waals surface area (Å²) in [4.78, 5) is 16.6. The first kappa shape index (κ1) is 15.5. The van der Waals surface area contributed by atoms with E-state index in [0.717, 1.165) is 42.9 Å². The molecule has 112 valence electrons. The van der Waals surface area contributed by atoms with Gasteiger partial charge in [0.25, 0.3) is 5.91 Å². The largest absolute Gasteiger partial charge is 0.392 e. The number of amides is 1. The average Bonchev–Trinajstić information content (AvgIpc) is 2.79. The number of carbonyl (C=O) groups excluding carboxylic acids is 1. The van der Waals surface area contributed by atoms with E-state index in [-0.39, 0.29) is 12.0 Å². The summed E-state index contributed by atoms with van der Waals surface area (Å²) in [6.07, 6.45) is 1.63. The van der Waals surface area contributed by atoms with Crippen molar-refractivity contribution in [3.05, 3.63) is 22.4 Å². The molecule has 1 atom stereocenters. The molecule has 0 radical (unpaired) electrons. The van der Waals surface area contributed by atoms with Gasteiger partial charge >= 0.3 is 0 Å². The van der Waals surface area contributed by atoms with Crippen LogP contribution in [0.4, 0.5) is 0 Å². The van der Waals surface area contributed by atoms with Crippen molar-refractivity contribution in [2.45, 2.75) is 26.5 Å². The highest BCUT2D eigenvalue weighted by Gasteiger charge is 2.24. The Kier molecular flexibility index (Phi) is 5.23. The lowest BCUT2D eigenvalue weighted by Gasteiger charge is -2.35. The molecule has 0 saturated carbocycles. The van der Waals surface area contributed by atoms with E-state index < -0.39 is 0 Å². The van der Waals surface area contributed by atoms with Crippen LogP contribution in [0.5, 0.6) is 0 Å². The van der Waals surface area contributed by atoms with Gasteiger partial charge in [-0.1, -0.05) is 0 Å². The lowest BCUT2D eigenvalue weighted by Crippen LogP contribution is -2.50. The summed E-state index contributed by atoms with van der Waals surface area (Å²) in [5.74, 6) is 0.0919. The predicted molar refractivity (Wildman–Crippen MR) is 81.8 cm³/mol. The van der Waals surface area contributed by atoms with Gasteiger partial charge in [-0.15, -0.1) is 0 Å². The zero-order chi connectivity index (χ0) is 14.7. The van der Waals surface area contributed by atoms with E-state index in [0.29, 0.717) is 6.54 Å². The quantitative estimate of drug-likeness (QED) is 0.899. The van der Waals surface area contributed by atoms with Crippen LogP contribution in [0.15, 0.2) is 16.7 Å². The van der Waals surface area contributed by atoms with E-state index in [1.807, 2.05) is 28.7 Å². The number of rotatable bonds is 4. The molecule has 2 rings (SSSR count). The lowest BCUT2D eigenvalue weighted by molar-refractivity contribution is 0.0545. The Morgan fingerprint density at radius 1 is 1.40 bits per heavy atom. The van der Waals surface area contributed by atoms with E-state index in [1.54, 1.807) is 6.92 Å². The van der Waals surface area contributed by atoms with Crippen molar-refractivity contribution in [2.24, 2.45) is 0 Å². The maximum Gasteiger partial charge on any atom is 0.270 e. The van der Waals surface area contributed by atoms with E-state index in [1.165, 1.54) is 0 Å². The number of carbonyl (C=O) groups is 1. The van der Waals surface area contributed by atoms with Gasteiger partial charge in [0, 0.05) is 49.9 Å². The molecule has 0 aromatic carbocycles. The molecule has 0 spiro atoms. The number of halogens is 1. The van der Waals surface area contributed by atoms with Gasteiger partial charge in [0.15, 0.2) is 0 Å². The number of aliphatic hydroxyl groups is 1. The van der Waals surface area contributed by atoms with Crippen molar-refractivity contribution in [3.63, 3.8) is 0 Å². The minimum Gasteiger partial charge on any atom is -0.392 e. The Morgan fingerprint density at radius 3 is 2.60 bits per heavy atom. The van der Waals surface area contributed by atoms with E-state index in [2.05, 4.69) is 20.8 Å². The zero-order valence-corrected chi connectivity index (χ0v) is 13.6. The maximum atomic E-state index is 12.5. The molecule has 1 N–H and O–H groups in total. The first-order chi connectivity index (χ1) is 9.51. The molecule has 1 aliphatic heterocycles.